The summed E-state index contributed by atoms with van der Waals surface area (Å²) in [5.41, 5.74) is 7.74. The second kappa shape index (κ2) is 5.43. The van der Waals surface area contributed by atoms with Crippen molar-refractivity contribution in [3.05, 3.63) is 24.0 Å². The summed E-state index contributed by atoms with van der Waals surface area (Å²) in [6.45, 7) is 2.18. The van der Waals surface area contributed by atoms with E-state index in [1.54, 1.807) is 12.1 Å². The molecule has 0 bridgehead atoms. The zero-order valence-electron chi connectivity index (χ0n) is 12.0. The molecule has 0 spiro atoms. The number of aromatic nitrogens is 2. The number of rotatable bonds is 3. The molecule has 0 radical (unpaired) electrons. The molecule has 20 heavy (non-hydrogen) atoms. The van der Waals surface area contributed by atoms with Gasteiger partial charge in [-0.25, -0.2) is 9.37 Å². The van der Waals surface area contributed by atoms with Gasteiger partial charge in [0, 0.05) is 6.04 Å². The van der Waals surface area contributed by atoms with E-state index in [1.807, 2.05) is 0 Å². The smallest absolute Gasteiger partial charge is 0.201 e. The Hall–Kier alpha value is -1.58. The van der Waals surface area contributed by atoms with Crippen LogP contribution in [0.4, 0.5) is 10.3 Å². The van der Waals surface area contributed by atoms with Gasteiger partial charge in [0.15, 0.2) is 0 Å². The molecule has 1 atom stereocenters. The topological polar surface area (TPSA) is 43.8 Å². The molecular formula is C16H22FN3. The van der Waals surface area contributed by atoms with Crippen LogP contribution in [-0.4, -0.2) is 9.55 Å². The van der Waals surface area contributed by atoms with Gasteiger partial charge in [-0.2, -0.15) is 0 Å². The van der Waals surface area contributed by atoms with Gasteiger partial charge in [-0.1, -0.05) is 26.2 Å². The molecule has 1 unspecified atom stereocenters. The highest BCUT2D eigenvalue weighted by molar-refractivity contribution is 5.78. The molecule has 1 fully saturated rings. The zero-order chi connectivity index (χ0) is 14.1. The quantitative estimate of drug-likeness (QED) is 0.908. The predicted octanol–water partition coefficient (Wildman–Crippen LogP) is 4.29. The Bertz CT molecular complexity index is 599. The summed E-state index contributed by atoms with van der Waals surface area (Å²) >= 11 is 0. The SMILES string of the molecule is CCC(C1CCCCC1)n1c(N)nc2ccc(F)cc21. The fourth-order valence-electron chi connectivity index (χ4n) is 3.68. The average molecular weight is 275 g/mol. The first-order valence-electron chi connectivity index (χ1n) is 7.63. The number of nitrogens with zero attached hydrogens (tertiary/aromatic N) is 2. The third-order valence-corrected chi connectivity index (χ3v) is 4.62. The minimum Gasteiger partial charge on any atom is -0.369 e. The summed E-state index contributed by atoms with van der Waals surface area (Å²) in [7, 11) is 0. The van der Waals surface area contributed by atoms with Crippen LogP contribution in [0.25, 0.3) is 11.0 Å². The molecule has 108 valence electrons. The molecule has 1 aliphatic rings. The maximum absolute atomic E-state index is 13.6. The third-order valence-electron chi connectivity index (χ3n) is 4.62. The van der Waals surface area contributed by atoms with E-state index < -0.39 is 0 Å². The van der Waals surface area contributed by atoms with Gasteiger partial charge in [0.25, 0.3) is 0 Å². The average Bonchev–Trinajstić information content (AvgIpc) is 2.77. The Balaban J connectivity index is 2.06. The highest BCUT2D eigenvalue weighted by atomic mass is 19.1. The van der Waals surface area contributed by atoms with Crippen molar-refractivity contribution in [2.45, 2.75) is 51.5 Å². The summed E-state index contributed by atoms with van der Waals surface area (Å²) in [6.07, 6.45) is 7.42. The van der Waals surface area contributed by atoms with Crippen LogP contribution in [0.2, 0.25) is 0 Å². The summed E-state index contributed by atoms with van der Waals surface area (Å²) < 4.78 is 15.6. The largest absolute Gasteiger partial charge is 0.369 e. The standard InChI is InChI=1S/C16H22FN3/c1-2-14(11-6-4-3-5-7-11)20-15-10-12(17)8-9-13(15)19-16(20)18/h8-11,14H,2-7H2,1H3,(H2,18,19). The number of fused-ring (bicyclic) bond motifs is 1. The van der Waals surface area contributed by atoms with Crippen molar-refractivity contribution in [2.75, 3.05) is 5.73 Å². The highest BCUT2D eigenvalue weighted by Crippen LogP contribution is 2.38. The van der Waals surface area contributed by atoms with E-state index >= 15 is 0 Å². The van der Waals surface area contributed by atoms with Crippen molar-refractivity contribution in [3.63, 3.8) is 0 Å². The summed E-state index contributed by atoms with van der Waals surface area (Å²) in [4.78, 5) is 4.39. The fourth-order valence-corrected chi connectivity index (χ4v) is 3.68. The van der Waals surface area contributed by atoms with E-state index in [0.29, 0.717) is 17.9 Å². The molecule has 4 heteroatoms. The van der Waals surface area contributed by atoms with E-state index in [4.69, 9.17) is 5.73 Å². The van der Waals surface area contributed by atoms with Crippen LogP contribution in [0.15, 0.2) is 18.2 Å². The summed E-state index contributed by atoms with van der Waals surface area (Å²) in [5.74, 6) is 0.928. The Morgan fingerprint density at radius 3 is 2.80 bits per heavy atom. The highest BCUT2D eigenvalue weighted by Gasteiger charge is 2.26. The van der Waals surface area contributed by atoms with E-state index in [-0.39, 0.29) is 5.82 Å². The first kappa shape index (κ1) is 13.4. The first-order valence-corrected chi connectivity index (χ1v) is 7.63. The van der Waals surface area contributed by atoms with Crippen molar-refractivity contribution < 1.29 is 4.39 Å². The first-order chi connectivity index (χ1) is 9.70. The van der Waals surface area contributed by atoms with Gasteiger partial charge in [0.05, 0.1) is 11.0 Å². The normalized spacial score (nSPS) is 18.5. The van der Waals surface area contributed by atoms with E-state index in [2.05, 4.69) is 16.5 Å². The maximum Gasteiger partial charge on any atom is 0.201 e. The van der Waals surface area contributed by atoms with Gasteiger partial charge in [-0.05, 0) is 43.4 Å². The molecule has 0 amide bonds. The van der Waals surface area contributed by atoms with Crippen LogP contribution in [-0.2, 0) is 0 Å². The molecule has 1 saturated carbocycles. The molecule has 2 N–H and O–H groups in total. The molecule has 1 aromatic carbocycles. The van der Waals surface area contributed by atoms with Crippen molar-refractivity contribution in [1.82, 2.24) is 9.55 Å². The predicted molar refractivity (Wildman–Crippen MR) is 80.0 cm³/mol. The van der Waals surface area contributed by atoms with Crippen molar-refractivity contribution in [2.24, 2.45) is 5.92 Å². The van der Waals surface area contributed by atoms with Crippen LogP contribution in [0.3, 0.4) is 0 Å². The Morgan fingerprint density at radius 1 is 1.35 bits per heavy atom. The summed E-state index contributed by atoms with van der Waals surface area (Å²) in [5, 5.41) is 0. The van der Waals surface area contributed by atoms with Crippen LogP contribution in [0, 0.1) is 11.7 Å². The number of anilines is 1. The minimum atomic E-state index is -0.225. The number of imidazole rings is 1. The van der Waals surface area contributed by atoms with Crippen LogP contribution in [0.1, 0.15) is 51.5 Å². The van der Waals surface area contributed by atoms with Gasteiger partial charge in [-0.15, -0.1) is 0 Å². The fraction of sp³-hybridized carbons (Fsp3) is 0.562. The van der Waals surface area contributed by atoms with Crippen LogP contribution >= 0.6 is 0 Å². The number of nitrogen functional groups attached to an aromatic ring is 1. The van der Waals surface area contributed by atoms with Crippen LogP contribution in [0.5, 0.6) is 0 Å². The lowest BCUT2D eigenvalue weighted by Gasteiger charge is -2.31. The van der Waals surface area contributed by atoms with E-state index in [9.17, 15) is 4.39 Å². The molecule has 3 nitrogen and oxygen atoms in total. The van der Waals surface area contributed by atoms with Crippen molar-refractivity contribution >= 4 is 17.0 Å². The molecule has 0 saturated heterocycles. The molecule has 1 aliphatic carbocycles. The lowest BCUT2D eigenvalue weighted by atomic mass is 9.82. The Kier molecular flexibility index (Phi) is 3.64. The zero-order valence-corrected chi connectivity index (χ0v) is 12.0. The van der Waals surface area contributed by atoms with Crippen molar-refractivity contribution in [3.8, 4) is 0 Å². The number of benzene rings is 1. The second-order valence-electron chi connectivity index (χ2n) is 5.85. The molecular weight excluding hydrogens is 253 g/mol. The maximum atomic E-state index is 13.6. The lowest BCUT2D eigenvalue weighted by Crippen LogP contribution is -2.22. The number of nitrogens with two attached hydrogens (primary N) is 1. The molecule has 2 aromatic rings. The molecule has 3 rings (SSSR count). The van der Waals surface area contributed by atoms with Gasteiger partial charge >= 0.3 is 0 Å². The molecule has 1 aromatic heterocycles. The third kappa shape index (κ3) is 2.28. The second-order valence-corrected chi connectivity index (χ2v) is 5.85. The molecule has 0 aliphatic heterocycles. The Labute approximate surface area is 119 Å². The lowest BCUT2D eigenvalue weighted by molar-refractivity contribution is 0.249. The Morgan fingerprint density at radius 2 is 2.10 bits per heavy atom. The van der Waals surface area contributed by atoms with E-state index in [1.165, 1.54) is 38.2 Å². The van der Waals surface area contributed by atoms with Gasteiger partial charge in [0.1, 0.15) is 5.82 Å². The summed E-state index contributed by atoms with van der Waals surface area (Å²) in [6, 6.07) is 5.05. The van der Waals surface area contributed by atoms with Crippen LogP contribution < -0.4 is 5.73 Å². The minimum absolute atomic E-state index is 0.225. The molecule has 1 heterocycles. The van der Waals surface area contributed by atoms with Gasteiger partial charge < -0.3 is 10.3 Å². The monoisotopic (exact) mass is 275 g/mol. The van der Waals surface area contributed by atoms with Gasteiger partial charge in [0.2, 0.25) is 5.95 Å². The number of hydrogen-bond acceptors (Lipinski definition) is 2. The number of hydrogen-bond donors (Lipinski definition) is 1. The van der Waals surface area contributed by atoms with Gasteiger partial charge in [-0.3, -0.25) is 0 Å². The van der Waals surface area contributed by atoms with E-state index in [0.717, 1.165) is 17.5 Å². The number of halogens is 1. The van der Waals surface area contributed by atoms with Crippen molar-refractivity contribution in [1.29, 1.82) is 0 Å².